The van der Waals surface area contributed by atoms with Gasteiger partial charge in [0.2, 0.25) is 5.91 Å². The molecule has 0 aliphatic carbocycles. The first-order chi connectivity index (χ1) is 7.56. The lowest BCUT2D eigenvalue weighted by Crippen LogP contribution is -2.27. The molecule has 2 amide bonds. The van der Waals surface area contributed by atoms with Crippen LogP contribution in [0.3, 0.4) is 0 Å². The van der Waals surface area contributed by atoms with E-state index in [1.165, 1.54) is 12.0 Å². The monoisotopic (exact) mass is 244 g/mol. The first-order valence-electron chi connectivity index (χ1n) is 4.66. The quantitative estimate of drug-likeness (QED) is 0.840. The molecule has 0 atom stereocenters. The van der Waals surface area contributed by atoms with Crippen LogP contribution in [0.15, 0.2) is 17.5 Å². The minimum Gasteiger partial charge on any atom is -0.453 e. The van der Waals surface area contributed by atoms with Crippen LogP contribution in [0.2, 0.25) is 0 Å². The molecule has 5 nitrogen and oxygen atoms in total. The molecular weight excluding hydrogens is 228 g/mol. The molecule has 0 fully saturated rings. The third-order valence-electron chi connectivity index (χ3n) is 1.49. The molecule has 1 heterocycles. The number of hydrogen-bond donors (Lipinski definition) is 2. The van der Waals surface area contributed by atoms with E-state index in [2.05, 4.69) is 34.5 Å². The van der Waals surface area contributed by atoms with E-state index in [9.17, 15) is 9.59 Å². The molecule has 0 bridgehead atoms. The van der Waals surface area contributed by atoms with Crippen molar-refractivity contribution in [1.82, 2.24) is 5.32 Å². The number of primary amides is 1. The van der Waals surface area contributed by atoms with E-state index in [-0.39, 0.29) is 13.0 Å². The van der Waals surface area contributed by atoms with Gasteiger partial charge >= 0.3 is 6.09 Å². The maximum Gasteiger partial charge on any atom is 0.406 e. The summed E-state index contributed by atoms with van der Waals surface area (Å²) >= 11 is 1.78. The van der Waals surface area contributed by atoms with Crippen LogP contribution in [-0.2, 0) is 9.53 Å². The predicted octanol–water partition coefficient (Wildman–Crippen LogP) is 1.27. The standard InChI is InChI=1S/C5H10N2O3.C5H6S/c1-10-5(9)7-3-2-4(6)8;1-5-3-2-4-6-5/h2-3H2,1H3,(H2,6,8)(H,7,9);2-4H,1H3. The van der Waals surface area contributed by atoms with Crippen molar-refractivity contribution in [3.8, 4) is 0 Å². The predicted molar refractivity (Wildman–Crippen MR) is 63.3 cm³/mol. The molecule has 6 heteroatoms. The largest absolute Gasteiger partial charge is 0.453 e. The average molecular weight is 244 g/mol. The highest BCUT2D eigenvalue weighted by molar-refractivity contribution is 7.09. The number of aryl methyl sites for hydroxylation is 1. The number of nitrogens with two attached hydrogens (primary N) is 1. The van der Waals surface area contributed by atoms with Crippen LogP contribution in [0, 0.1) is 6.92 Å². The van der Waals surface area contributed by atoms with E-state index in [0.717, 1.165) is 0 Å². The zero-order valence-corrected chi connectivity index (χ0v) is 10.2. The molecule has 3 N–H and O–H groups in total. The summed E-state index contributed by atoms with van der Waals surface area (Å²) in [6.45, 7) is 2.33. The molecule has 1 rings (SSSR count). The van der Waals surface area contributed by atoms with Gasteiger partial charge in [0, 0.05) is 17.8 Å². The Labute approximate surface area is 98.6 Å². The van der Waals surface area contributed by atoms with Crippen molar-refractivity contribution < 1.29 is 14.3 Å². The summed E-state index contributed by atoms with van der Waals surface area (Å²) in [7, 11) is 1.25. The molecule has 0 saturated heterocycles. The van der Waals surface area contributed by atoms with Gasteiger partial charge < -0.3 is 15.8 Å². The summed E-state index contributed by atoms with van der Waals surface area (Å²) in [4.78, 5) is 21.8. The van der Waals surface area contributed by atoms with E-state index < -0.39 is 12.0 Å². The van der Waals surface area contributed by atoms with Crippen molar-refractivity contribution in [2.45, 2.75) is 13.3 Å². The first-order valence-corrected chi connectivity index (χ1v) is 5.54. The van der Waals surface area contributed by atoms with Crippen LogP contribution < -0.4 is 11.1 Å². The van der Waals surface area contributed by atoms with Crippen molar-refractivity contribution >= 4 is 23.3 Å². The highest BCUT2D eigenvalue weighted by atomic mass is 32.1. The van der Waals surface area contributed by atoms with Gasteiger partial charge in [-0.25, -0.2) is 4.79 Å². The van der Waals surface area contributed by atoms with Crippen molar-refractivity contribution in [3.05, 3.63) is 22.4 Å². The summed E-state index contributed by atoms with van der Waals surface area (Å²) < 4.78 is 4.23. The van der Waals surface area contributed by atoms with Gasteiger partial charge in [-0.3, -0.25) is 4.79 Å². The smallest absolute Gasteiger partial charge is 0.406 e. The third-order valence-corrected chi connectivity index (χ3v) is 2.29. The Bertz CT molecular complexity index is 312. The molecule has 0 aliphatic heterocycles. The van der Waals surface area contributed by atoms with E-state index in [4.69, 9.17) is 5.73 Å². The Kier molecular flexibility index (Phi) is 7.87. The minimum absolute atomic E-state index is 0.134. The van der Waals surface area contributed by atoms with Gasteiger partial charge in [0.15, 0.2) is 0 Å². The van der Waals surface area contributed by atoms with Crippen molar-refractivity contribution in [2.24, 2.45) is 5.73 Å². The Morgan fingerprint density at radius 2 is 2.25 bits per heavy atom. The number of carbonyl (C=O) groups excluding carboxylic acids is 2. The van der Waals surface area contributed by atoms with Crippen molar-refractivity contribution in [3.63, 3.8) is 0 Å². The summed E-state index contributed by atoms with van der Waals surface area (Å²) in [5, 5.41) is 4.38. The maximum atomic E-state index is 10.3. The van der Waals surface area contributed by atoms with Crippen LogP contribution in [0.1, 0.15) is 11.3 Å². The Morgan fingerprint density at radius 3 is 2.56 bits per heavy atom. The fraction of sp³-hybridized carbons (Fsp3) is 0.400. The molecule has 1 aromatic rings. The Morgan fingerprint density at radius 1 is 1.56 bits per heavy atom. The second-order valence-corrected chi connectivity index (χ2v) is 4.01. The molecule has 0 radical (unpaired) electrons. The van der Waals surface area contributed by atoms with Crippen LogP contribution in [0.4, 0.5) is 4.79 Å². The van der Waals surface area contributed by atoms with Crippen LogP contribution in [0.25, 0.3) is 0 Å². The Balaban J connectivity index is 0.000000315. The summed E-state index contributed by atoms with van der Waals surface area (Å²) in [5.74, 6) is -0.448. The highest BCUT2D eigenvalue weighted by Gasteiger charge is 1.97. The normalized spacial score (nSPS) is 8.62. The van der Waals surface area contributed by atoms with Crippen molar-refractivity contribution in [2.75, 3.05) is 13.7 Å². The minimum atomic E-state index is -0.554. The number of nitrogens with one attached hydrogen (secondary N) is 1. The first kappa shape index (κ1) is 14.4. The van der Waals surface area contributed by atoms with Crippen LogP contribution >= 0.6 is 11.3 Å². The zero-order chi connectivity index (χ0) is 12.4. The van der Waals surface area contributed by atoms with Crippen molar-refractivity contribution in [1.29, 1.82) is 0 Å². The van der Waals surface area contributed by atoms with Crippen LogP contribution in [-0.4, -0.2) is 25.7 Å². The lowest BCUT2D eigenvalue weighted by Gasteiger charge is -1.99. The lowest BCUT2D eigenvalue weighted by atomic mass is 10.4. The number of carbonyl (C=O) groups is 2. The van der Waals surface area contributed by atoms with Gasteiger partial charge in [-0.2, -0.15) is 0 Å². The van der Waals surface area contributed by atoms with Gasteiger partial charge in [0.05, 0.1) is 7.11 Å². The number of amides is 2. The number of alkyl carbamates (subject to hydrolysis) is 1. The molecule has 0 unspecified atom stereocenters. The fourth-order valence-corrected chi connectivity index (χ4v) is 1.25. The molecular formula is C10H16N2O3S. The average Bonchev–Trinajstić information content (AvgIpc) is 2.69. The summed E-state index contributed by atoms with van der Waals surface area (Å²) in [5.41, 5.74) is 4.79. The molecule has 0 aliphatic rings. The SMILES string of the molecule is COC(=O)NCCC(N)=O.Cc1cccs1. The second-order valence-electron chi connectivity index (χ2n) is 2.86. The van der Waals surface area contributed by atoms with Gasteiger partial charge in [0.1, 0.15) is 0 Å². The zero-order valence-electron chi connectivity index (χ0n) is 9.36. The van der Waals surface area contributed by atoms with E-state index in [1.807, 2.05) is 0 Å². The molecule has 1 aromatic heterocycles. The molecule has 90 valence electrons. The maximum absolute atomic E-state index is 10.3. The summed E-state index contributed by atoms with van der Waals surface area (Å²) in [6, 6.07) is 4.16. The molecule has 0 saturated carbocycles. The number of hydrogen-bond acceptors (Lipinski definition) is 4. The lowest BCUT2D eigenvalue weighted by molar-refractivity contribution is -0.117. The molecule has 16 heavy (non-hydrogen) atoms. The van der Waals surface area contributed by atoms with Gasteiger partial charge in [-0.1, -0.05) is 6.07 Å². The fourth-order valence-electron chi connectivity index (χ4n) is 0.721. The van der Waals surface area contributed by atoms with Gasteiger partial charge in [0.25, 0.3) is 0 Å². The third kappa shape index (κ3) is 9.01. The number of thiophene rings is 1. The highest BCUT2D eigenvalue weighted by Crippen LogP contribution is 2.03. The summed E-state index contributed by atoms with van der Waals surface area (Å²) in [6.07, 6.45) is -0.420. The Hall–Kier alpha value is -1.56. The van der Waals surface area contributed by atoms with E-state index in [0.29, 0.717) is 0 Å². The topological polar surface area (TPSA) is 81.4 Å². The van der Waals surface area contributed by atoms with E-state index in [1.54, 1.807) is 11.3 Å². The van der Waals surface area contributed by atoms with Gasteiger partial charge in [-0.05, 0) is 18.4 Å². The molecule has 0 aromatic carbocycles. The number of ether oxygens (including phenoxy) is 1. The molecule has 0 spiro atoms. The second kappa shape index (κ2) is 8.72. The van der Waals surface area contributed by atoms with Crippen LogP contribution in [0.5, 0.6) is 0 Å². The van der Waals surface area contributed by atoms with Gasteiger partial charge in [-0.15, -0.1) is 11.3 Å². The van der Waals surface area contributed by atoms with E-state index >= 15 is 0 Å². The number of methoxy groups -OCH3 is 1. The number of rotatable bonds is 3.